The zero-order valence-corrected chi connectivity index (χ0v) is 12.0. The van der Waals surface area contributed by atoms with Crippen molar-refractivity contribution in [2.75, 3.05) is 0 Å². The lowest BCUT2D eigenvalue weighted by Crippen LogP contribution is -2.16. The van der Waals surface area contributed by atoms with E-state index < -0.39 is 5.66 Å². The molecule has 0 unspecified atom stereocenters. The SMILES string of the molecule is CC1(c2cn[c]nc2-c2ccc(Cl)cc2Cl)N=CC=N1. The Kier molecular flexibility index (Phi) is 3.28. The molecule has 99 valence electrons. The lowest BCUT2D eigenvalue weighted by atomic mass is 9.98. The Bertz CT molecular complexity index is 713. The highest BCUT2D eigenvalue weighted by Gasteiger charge is 2.30. The maximum absolute atomic E-state index is 6.25. The molecule has 1 radical (unpaired) electrons. The highest BCUT2D eigenvalue weighted by atomic mass is 35.5. The van der Waals surface area contributed by atoms with Crippen LogP contribution in [-0.4, -0.2) is 22.4 Å². The minimum absolute atomic E-state index is 0.514. The molecule has 3 rings (SSSR count). The molecule has 1 aromatic carbocycles. The van der Waals surface area contributed by atoms with Crippen molar-refractivity contribution in [3.05, 3.63) is 46.3 Å². The molecule has 0 saturated heterocycles. The van der Waals surface area contributed by atoms with Crippen molar-refractivity contribution in [1.29, 1.82) is 0 Å². The number of aromatic nitrogens is 2. The van der Waals surface area contributed by atoms with Crippen LogP contribution in [-0.2, 0) is 5.66 Å². The second-order valence-corrected chi connectivity index (χ2v) is 5.28. The topological polar surface area (TPSA) is 50.5 Å². The van der Waals surface area contributed by atoms with E-state index in [1.54, 1.807) is 30.8 Å². The normalized spacial score (nSPS) is 15.8. The van der Waals surface area contributed by atoms with Crippen LogP contribution < -0.4 is 0 Å². The Morgan fingerprint density at radius 2 is 1.90 bits per heavy atom. The summed E-state index contributed by atoms with van der Waals surface area (Å²) in [7, 11) is 0. The van der Waals surface area contributed by atoms with Gasteiger partial charge in [-0.2, -0.15) is 0 Å². The summed E-state index contributed by atoms with van der Waals surface area (Å²) < 4.78 is 0. The van der Waals surface area contributed by atoms with E-state index >= 15 is 0 Å². The molecule has 0 N–H and O–H groups in total. The van der Waals surface area contributed by atoms with Gasteiger partial charge in [-0.25, -0.2) is 9.97 Å². The minimum Gasteiger partial charge on any atom is -0.257 e. The highest BCUT2D eigenvalue weighted by molar-refractivity contribution is 6.36. The minimum atomic E-state index is -0.729. The van der Waals surface area contributed by atoms with Crippen LogP contribution in [0.15, 0.2) is 34.4 Å². The summed E-state index contributed by atoms with van der Waals surface area (Å²) in [5.74, 6) is 0. The van der Waals surface area contributed by atoms with Gasteiger partial charge in [0.05, 0.1) is 10.7 Å². The maximum atomic E-state index is 6.25. The molecule has 20 heavy (non-hydrogen) atoms. The number of hydrogen-bond donors (Lipinski definition) is 0. The molecule has 2 heterocycles. The van der Waals surface area contributed by atoms with Gasteiger partial charge in [-0.1, -0.05) is 23.2 Å². The summed E-state index contributed by atoms with van der Waals surface area (Å²) in [6.07, 6.45) is 7.56. The van der Waals surface area contributed by atoms with Crippen LogP contribution in [0.25, 0.3) is 11.3 Å². The Hall–Kier alpha value is -1.78. The molecule has 0 bridgehead atoms. The van der Waals surface area contributed by atoms with Gasteiger partial charge in [-0.05, 0) is 25.1 Å². The Morgan fingerprint density at radius 1 is 1.15 bits per heavy atom. The number of halogens is 2. The van der Waals surface area contributed by atoms with Gasteiger partial charge in [0.1, 0.15) is 0 Å². The second-order valence-electron chi connectivity index (χ2n) is 4.43. The molecular formula is C14H9Cl2N4. The van der Waals surface area contributed by atoms with Crippen molar-refractivity contribution >= 4 is 35.6 Å². The first-order valence-corrected chi connectivity index (χ1v) is 6.64. The molecule has 0 fully saturated rings. The van der Waals surface area contributed by atoms with Crippen LogP contribution in [0, 0.1) is 6.33 Å². The Balaban J connectivity index is 2.20. The molecule has 1 aliphatic heterocycles. The van der Waals surface area contributed by atoms with Crippen molar-refractivity contribution in [3.8, 4) is 11.3 Å². The molecule has 4 nitrogen and oxygen atoms in total. The molecular weight excluding hydrogens is 295 g/mol. The van der Waals surface area contributed by atoms with Crippen LogP contribution in [0.5, 0.6) is 0 Å². The smallest absolute Gasteiger partial charge is 0.198 e. The summed E-state index contributed by atoms with van der Waals surface area (Å²) in [4.78, 5) is 16.9. The average molecular weight is 304 g/mol. The molecule has 0 saturated carbocycles. The Labute approximate surface area is 126 Å². The van der Waals surface area contributed by atoms with Gasteiger partial charge >= 0.3 is 0 Å². The first kappa shape index (κ1) is 13.2. The van der Waals surface area contributed by atoms with E-state index in [2.05, 4.69) is 26.3 Å². The van der Waals surface area contributed by atoms with Gasteiger partial charge in [-0.15, -0.1) is 0 Å². The van der Waals surface area contributed by atoms with Crippen LogP contribution in [0.2, 0.25) is 10.0 Å². The van der Waals surface area contributed by atoms with Gasteiger partial charge in [-0.3, -0.25) is 9.98 Å². The van der Waals surface area contributed by atoms with Crippen molar-refractivity contribution in [3.63, 3.8) is 0 Å². The van der Waals surface area contributed by atoms with E-state index in [0.717, 1.165) is 11.1 Å². The second kappa shape index (κ2) is 4.96. The number of rotatable bonds is 2. The zero-order valence-electron chi connectivity index (χ0n) is 10.5. The molecule has 0 atom stereocenters. The highest BCUT2D eigenvalue weighted by Crippen LogP contribution is 2.37. The van der Waals surface area contributed by atoms with Crippen molar-refractivity contribution < 1.29 is 0 Å². The molecule has 2 aromatic rings. The third-order valence-corrected chi connectivity index (χ3v) is 3.63. The molecule has 6 heteroatoms. The molecule has 0 aliphatic carbocycles. The fourth-order valence-corrected chi connectivity index (χ4v) is 2.55. The first-order chi connectivity index (χ1) is 9.60. The monoisotopic (exact) mass is 303 g/mol. The lowest BCUT2D eigenvalue weighted by Gasteiger charge is -2.20. The van der Waals surface area contributed by atoms with Crippen molar-refractivity contribution in [1.82, 2.24) is 9.97 Å². The maximum Gasteiger partial charge on any atom is 0.198 e. The number of nitrogens with zero attached hydrogens (tertiary/aromatic N) is 4. The van der Waals surface area contributed by atoms with E-state index in [1.807, 2.05) is 13.0 Å². The zero-order chi connectivity index (χ0) is 14.2. The lowest BCUT2D eigenvalue weighted by molar-refractivity contribution is 0.540. The third kappa shape index (κ3) is 2.21. The van der Waals surface area contributed by atoms with Crippen LogP contribution in [0.3, 0.4) is 0 Å². The summed E-state index contributed by atoms with van der Waals surface area (Å²) >= 11 is 12.2. The van der Waals surface area contributed by atoms with Crippen LogP contribution >= 0.6 is 23.2 Å². The van der Waals surface area contributed by atoms with Gasteiger partial charge in [0, 0.05) is 34.8 Å². The molecule has 1 aliphatic rings. The van der Waals surface area contributed by atoms with Gasteiger partial charge in [0.2, 0.25) is 0 Å². The quantitative estimate of drug-likeness (QED) is 0.851. The van der Waals surface area contributed by atoms with Crippen LogP contribution in [0.1, 0.15) is 12.5 Å². The molecule has 1 aromatic heterocycles. The summed E-state index contributed by atoms with van der Waals surface area (Å²) in [5.41, 5.74) is 1.45. The summed E-state index contributed by atoms with van der Waals surface area (Å²) in [6.45, 7) is 1.89. The third-order valence-electron chi connectivity index (χ3n) is 3.08. The average Bonchev–Trinajstić information content (AvgIpc) is 2.87. The predicted octanol–water partition coefficient (Wildman–Crippen LogP) is 3.58. The molecule has 0 spiro atoms. The van der Waals surface area contributed by atoms with Gasteiger partial charge in [0.15, 0.2) is 12.0 Å². The fourth-order valence-electron chi connectivity index (χ4n) is 2.06. The number of benzene rings is 1. The van der Waals surface area contributed by atoms with E-state index in [9.17, 15) is 0 Å². The Morgan fingerprint density at radius 3 is 2.60 bits per heavy atom. The fraction of sp³-hybridized carbons (Fsp3) is 0.143. The predicted molar refractivity (Wildman–Crippen MR) is 80.7 cm³/mol. The number of hydrogen-bond acceptors (Lipinski definition) is 4. The van der Waals surface area contributed by atoms with E-state index in [1.165, 1.54) is 0 Å². The largest absolute Gasteiger partial charge is 0.257 e. The van der Waals surface area contributed by atoms with Crippen molar-refractivity contribution in [2.45, 2.75) is 12.6 Å². The number of aliphatic imine (C=N–C) groups is 2. The van der Waals surface area contributed by atoms with Gasteiger partial charge < -0.3 is 0 Å². The van der Waals surface area contributed by atoms with Gasteiger partial charge in [0.25, 0.3) is 0 Å². The summed E-state index contributed by atoms with van der Waals surface area (Å²) in [5, 5.41) is 1.09. The molecule has 0 amide bonds. The van der Waals surface area contributed by atoms with Crippen LogP contribution in [0.4, 0.5) is 0 Å². The first-order valence-electron chi connectivity index (χ1n) is 5.88. The summed E-state index contributed by atoms with van der Waals surface area (Å²) in [6, 6.07) is 5.25. The van der Waals surface area contributed by atoms with E-state index in [-0.39, 0.29) is 0 Å². The van der Waals surface area contributed by atoms with Crippen molar-refractivity contribution in [2.24, 2.45) is 9.98 Å². The van der Waals surface area contributed by atoms with E-state index in [0.29, 0.717) is 15.7 Å². The van der Waals surface area contributed by atoms with E-state index in [4.69, 9.17) is 23.2 Å². The standard InChI is InChI=1S/C14H9Cl2N4/c1-14(19-4-5-20-14)11-7-17-8-18-13(11)10-3-2-9(15)6-12(10)16/h2-7H,1H3.